The first kappa shape index (κ1) is 8.30. The molecule has 0 saturated heterocycles. The summed E-state index contributed by atoms with van der Waals surface area (Å²) in [6.07, 6.45) is 3.66. The molecule has 1 N–H and O–H groups in total. The van der Waals surface area contributed by atoms with Crippen molar-refractivity contribution in [1.29, 1.82) is 0 Å². The van der Waals surface area contributed by atoms with Gasteiger partial charge in [-0.3, -0.25) is 0 Å². The Hall–Kier alpha value is -1.02. The Balaban J connectivity index is 2.18. The molecule has 1 saturated carbocycles. The van der Waals surface area contributed by atoms with E-state index in [1.165, 1.54) is 24.0 Å². The molecule has 2 nitrogen and oxygen atoms in total. The van der Waals surface area contributed by atoms with Crippen LogP contribution in [0.5, 0.6) is 5.75 Å². The summed E-state index contributed by atoms with van der Waals surface area (Å²) in [7, 11) is 1.76. The molecule has 3 rings (SSSR count). The van der Waals surface area contributed by atoms with Gasteiger partial charge in [0.05, 0.1) is 7.11 Å². The summed E-state index contributed by atoms with van der Waals surface area (Å²) >= 11 is 0. The molecule has 1 aromatic rings. The van der Waals surface area contributed by atoms with E-state index in [9.17, 15) is 0 Å². The molecule has 2 aliphatic rings. The van der Waals surface area contributed by atoms with Crippen molar-refractivity contribution in [1.82, 2.24) is 5.32 Å². The third-order valence-corrected chi connectivity index (χ3v) is 3.42. The number of nitrogens with one attached hydrogen (secondary N) is 1. The van der Waals surface area contributed by atoms with Crippen LogP contribution in [0.4, 0.5) is 0 Å². The Morgan fingerprint density at radius 1 is 1.36 bits per heavy atom. The highest BCUT2D eigenvalue weighted by molar-refractivity contribution is 5.49. The van der Waals surface area contributed by atoms with Crippen LogP contribution in [0.2, 0.25) is 0 Å². The highest BCUT2D eigenvalue weighted by Crippen LogP contribution is 2.51. The maximum atomic E-state index is 5.45. The molecule has 1 aliphatic carbocycles. The predicted molar refractivity (Wildman–Crippen MR) is 55.6 cm³/mol. The molecule has 0 bridgehead atoms. The largest absolute Gasteiger partial charge is 0.496 e. The molecule has 0 amide bonds. The van der Waals surface area contributed by atoms with E-state index in [-0.39, 0.29) is 5.54 Å². The quantitative estimate of drug-likeness (QED) is 0.727. The molecule has 1 spiro atoms. The number of benzene rings is 1. The van der Waals surface area contributed by atoms with Gasteiger partial charge in [-0.2, -0.15) is 0 Å². The van der Waals surface area contributed by atoms with Gasteiger partial charge >= 0.3 is 0 Å². The smallest absolute Gasteiger partial charge is 0.124 e. The fraction of sp³-hybridized carbons (Fsp3) is 0.500. The van der Waals surface area contributed by atoms with Crippen molar-refractivity contribution in [3.05, 3.63) is 29.3 Å². The van der Waals surface area contributed by atoms with Crippen LogP contribution < -0.4 is 10.1 Å². The molecular weight excluding hydrogens is 174 g/mol. The highest BCUT2D eigenvalue weighted by Gasteiger charge is 2.48. The minimum Gasteiger partial charge on any atom is -0.496 e. The van der Waals surface area contributed by atoms with Gasteiger partial charge in [-0.05, 0) is 30.9 Å². The maximum Gasteiger partial charge on any atom is 0.124 e. The molecule has 74 valence electrons. The number of ether oxygens (including phenoxy) is 1. The van der Waals surface area contributed by atoms with Gasteiger partial charge in [0.15, 0.2) is 0 Å². The average Bonchev–Trinajstić information content (AvgIpc) is 2.98. The second-order valence-corrected chi connectivity index (χ2v) is 4.25. The van der Waals surface area contributed by atoms with Gasteiger partial charge in [0, 0.05) is 17.6 Å². The maximum absolute atomic E-state index is 5.45. The van der Waals surface area contributed by atoms with E-state index >= 15 is 0 Å². The summed E-state index contributed by atoms with van der Waals surface area (Å²) in [6, 6.07) is 6.41. The number of methoxy groups -OCH3 is 1. The first-order valence-corrected chi connectivity index (χ1v) is 5.27. The lowest BCUT2D eigenvalue weighted by Gasteiger charge is -2.28. The number of hydrogen-bond acceptors (Lipinski definition) is 2. The van der Waals surface area contributed by atoms with Gasteiger partial charge in [0.2, 0.25) is 0 Å². The monoisotopic (exact) mass is 189 g/mol. The fourth-order valence-corrected chi connectivity index (χ4v) is 2.57. The Labute approximate surface area is 84.3 Å². The number of rotatable bonds is 1. The van der Waals surface area contributed by atoms with Crippen LogP contribution in [-0.4, -0.2) is 13.7 Å². The van der Waals surface area contributed by atoms with E-state index in [1.54, 1.807) is 7.11 Å². The summed E-state index contributed by atoms with van der Waals surface area (Å²) < 4.78 is 5.45. The molecular formula is C12H15NO. The second kappa shape index (κ2) is 2.74. The highest BCUT2D eigenvalue weighted by atomic mass is 16.5. The van der Waals surface area contributed by atoms with Crippen molar-refractivity contribution < 1.29 is 4.74 Å². The molecule has 0 radical (unpaired) electrons. The van der Waals surface area contributed by atoms with E-state index < -0.39 is 0 Å². The lowest BCUT2D eigenvalue weighted by molar-refractivity contribution is 0.387. The zero-order chi connectivity index (χ0) is 9.60. The van der Waals surface area contributed by atoms with Crippen LogP contribution in [0.3, 0.4) is 0 Å². The molecule has 0 unspecified atom stereocenters. The first-order chi connectivity index (χ1) is 6.86. The van der Waals surface area contributed by atoms with Crippen molar-refractivity contribution in [3.8, 4) is 5.75 Å². The molecule has 0 aromatic heterocycles. The van der Waals surface area contributed by atoms with Crippen molar-refractivity contribution in [2.45, 2.75) is 24.8 Å². The summed E-state index contributed by atoms with van der Waals surface area (Å²) in [4.78, 5) is 0. The predicted octanol–water partition coefficient (Wildman–Crippen LogP) is 1.83. The third-order valence-electron chi connectivity index (χ3n) is 3.42. The van der Waals surface area contributed by atoms with Crippen LogP contribution >= 0.6 is 0 Å². The van der Waals surface area contributed by atoms with Gasteiger partial charge in [-0.15, -0.1) is 0 Å². The SMILES string of the molecule is COc1cccc2c1C1(CC1)NCC2. The van der Waals surface area contributed by atoms with Crippen molar-refractivity contribution in [2.24, 2.45) is 0 Å². The van der Waals surface area contributed by atoms with Gasteiger partial charge in [0.1, 0.15) is 5.75 Å². The average molecular weight is 189 g/mol. The molecule has 2 heteroatoms. The minimum atomic E-state index is 0.278. The summed E-state index contributed by atoms with van der Waals surface area (Å²) in [6.45, 7) is 1.11. The molecule has 0 atom stereocenters. The van der Waals surface area contributed by atoms with Crippen LogP contribution in [0.15, 0.2) is 18.2 Å². The zero-order valence-corrected chi connectivity index (χ0v) is 8.47. The molecule has 1 heterocycles. The van der Waals surface area contributed by atoms with Crippen LogP contribution in [0.25, 0.3) is 0 Å². The summed E-state index contributed by atoms with van der Waals surface area (Å²) in [5.41, 5.74) is 3.18. The van der Waals surface area contributed by atoms with Crippen molar-refractivity contribution >= 4 is 0 Å². The van der Waals surface area contributed by atoms with Gasteiger partial charge in [0.25, 0.3) is 0 Å². The fourth-order valence-electron chi connectivity index (χ4n) is 2.57. The van der Waals surface area contributed by atoms with Crippen molar-refractivity contribution in [2.75, 3.05) is 13.7 Å². The van der Waals surface area contributed by atoms with Crippen LogP contribution in [0.1, 0.15) is 24.0 Å². The third kappa shape index (κ3) is 1.01. The number of fused-ring (bicyclic) bond motifs is 2. The normalized spacial score (nSPS) is 21.8. The lowest BCUT2D eigenvalue weighted by Crippen LogP contribution is -2.36. The topological polar surface area (TPSA) is 21.3 Å². The molecule has 14 heavy (non-hydrogen) atoms. The van der Waals surface area contributed by atoms with Gasteiger partial charge < -0.3 is 10.1 Å². The van der Waals surface area contributed by atoms with Gasteiger partial charge in [-0.1, -0.05) is 12.1 Å². The molecule has 1 fully saturated rings. The van der Waals surface area contributed by atoms with E-state index in [2.05, 4.69) is 23.5 Å². The zero-order valence-electron chi connectivity index (χ0n) is 8.47. The Morgan fingerprint density at radius 3 is 2.93 bits per heavy atom. The van der Waals surface area contributed by atoms with Gasteiger partial charge in [-0.25, -0.2) is 0 Å². The first-order valence-electron chi connectivity index (χ1n) is 5.27. The summed E-state index contributed by atoms with van der Waals surface area (Å²) in [5, 5.41) is 3.62. The lowest BCUT2D eigenvalue weighted by atomic mass is 9.91. The van der Waals surface area contributed by atoms with Crippen LogP contribution in [-0.2, 0) is 12.0 Å². The minimum absolute atomic E-state index is 0.278. The van der Waals surface area contributed by atoms with Crippen molar-refractivity contribution in [3.63, 3.8) is 0 Å². The Morgan fingerprint density at radius 2 is 2.21 bits per heavy atom. The Bertz CT molecular complexity index is 354. The molecule has 1 aliphatic heterocycles. The summed E-state index contributed by atoms with van der Waals surface area (Å²) in [5.74, 6) is 1.06. The number of hydrogen-bond donors (Lipinski definition) is 1. The van der Waals surface area contributed by atoms with E-state index in [0.717, 1.165) is 18.7 Å². The van der Waals surface area contributed by atoms with E-state index in [0.29, 0.717) is 0 Å². The Kier molecular flexibility index (Phi) is 1.62. The van der Waals surface area contributed by atoms with Crippen LogP contribution in [0, 0.1) is 0 Å². The molecule has 1 aromatic carbocycles. The second-order valence-electron chi connectivity index (χ2n) is 4.25. The van der Waals surface area contributed by atoms with E-state index in [4.69, 9.17) is 4.74 Å². The van der Waals surface area contributed by atoms with E-state index in [1.807, 2.05) is 0 Å². The standard InChI is InChI=1S/C12H15NO/c1-14-10-4-2-3-9-5-8-13-12(6-7-12)11(9)10/h2-4,13H,5-8H2,1H3.